The quantitative estimate of drug-likeness (QED) is 0.854. The molecule has 4 nitrogen and oxygen atoms in total. The average Bonchev–Trinajstić information content (AvgIpc) is 2.73. The molecule has 3 rings (SSSR count). The summed E-state index contributed by atoms with van der Waals surface area (Å²) in [4.78, 5) is 8.24. The first-order chi connectivity index (χ1) is 10.2. The Morgan fingerprint density at radius 2 is 1.90 bits per heavy atom. The molecule has 0 amide bonds. The molecule has 0 radical (unpaired) electrons. The van der Waals surface area contributed by atoms with Gasteiger partial charge < -0.3 is 11.5 Å². The van der Waals surface area contributed by atoms with Gasteiger partial charge in [0.25, 0.3) is 0 Å². The van der Waals surface area contributed by atoms with Gasteiger partial charge >= 0.3 is 0 Å². The van der Waals surface area contributed by atoms with Crippen LogP contribution in [0.15, 0.2) is 30.3 Å². The maximum Gasteiger partial charge on any atom is 0.180 e. The Balaban J connectivity index is 1.55. The lowest BCUT2D eigenvalue weighted by Crippen LogP contribution is -2.26. The number of fused-ring (bicyclic) bond motifs is 1. The second-order valence-corrected chi connectivity index (χ2v) is 6.41. The third kappa shape index (κ3) is 3.62. The summed E-state index contributed by atoms with van der Waals surface area (Å²) in [5.74, 6) is 0. The predicted molar refractivity (Wildman–Crippen MR) is 90.3 cm³/mol. The van der Waals surface area contributed by atoms with E-state index in [1.54, 1.807) is 11.3 Å². The van der Waals surface area contributed by atoms with E-state index in [0.29, 0.717) is 5.13 Å². The van der Waals surface area contributed by atoms with E-state index >= 15 is 0 Å². The number of nitrogens with zero attached hydrogens (tertiary/aromatic N) is 2. The molecule has 1 aromatic heterocycles. The van der Waals surface area contributed by atoms with Crippen molar-refractivity contribution in [1.82, 2.24) is 9.88 Å². The largest absolute Gasteiger partial charge is 0.399 e. The zero-order valence-corrected chi connectivity index (χ0v) is 12.8. The molecule has 4 N–H and O–H groups in total. The summed E-state index contributed by atoms with van der Waals surface area (Å²) < 4.78 is 0. The maximum atomic E-state index is 5.77. The van der Waals surface area contributed by atoms with Gasteiger partial charge in [0.1, 0.15) is 0 Å². The monoisotopic (exact) mass is 300 g/mol. The van der Waals surface area contributed by atoms with Crippen LogP contribution in [0.4, 0.5) is 10.8 Å². The third-order valence-corrected chi connectivity index (χ3v) is 4.71. The fourth-order valence-corrected chi connectivity index (χ4v) is 3.42. The number of benzene rings is 1. The van der Waals surface area contributed by atoms with Gasteiger partial charge in [-0.2, -0.15) is 0 Å². The molecule has 1 aliphatic rings. The zero-order valence-electron chi connectivity index (χ0n) is 12.0. The molecule has 5 heteroatoms. The first-order valence-electron chi connectivity index (χ1n) is 7.19. The molecule has 110 valence electrons. The standard InChI is InChI=1S/C16H20N4S/c17-13-5-3-12(4-6-13)2-1-9-20-10-7-14-15(8-11-20)21-16(18)19-14/h1-6H,7-11,17H2,(H2,18,19)/b2-1+. The number of aromatic nitrogens is 1. The Labute approximate surface area is 129 Å². The fraction of sp³-hybridized carbons (Fsp3) is 0.312. The topological polar surface area (TPSA) is 68.2 Å². The van der Waals surface area contributed by atoms with Crippen molar-refractivity contribution in [3.8, 4) is 0 Å². The maximum absolute atomic E-state index is 5.77. The molecular weight excluding hydrogens is 280 g/mol. The molecule has 0 bridgehead atoms. The van der Waals surface area contributed by atoms with Gasteiger partial charge in [-0.3, -0.25) is 4.90 Å². The number of hydrogen-bond donors (Lipinski definition) is 2. The van der Waals surface area contributed by atoms with Crippen molar-refractivity contribution in [3.63, 3.8) is 0 Å². The van der Waals surface area contributed by atoms with Crippen LogP contribution >= 0.6 is 11.3 Å². The summed E-state index contributed by atoms with van der Waals surface area (Å²) in [7, 11) is 0. The van der Waals surface area contributed by atoms with Crippen LogP contribution in [0.25, 0.3) is 6.08 Å². The molecule has 0 unspecified atom stereocenters. The van der Waals surface area contributed by atoms with E-state index in [1.807, 2.05) is 24.3 Å². The van der Waals surface area contributed by atoms with Crippen molar-refractivity contribution in [1.29, 1.82) is 0 Å². The van der Waals surface area contributed by atoms with Crippen LogP contribution < -0.4 is 11.5 Å². The van der Waals surface area contributed by atoms with Gasteiger partial charge in [0, 0.05) is 36.6 Å². The minimum Gasteiger partial charge on any atom is -0.399 e. The third-order valence-electron chi connectivity index (χ3n) is 3.73. The van der Waals surface area contributed by atoms with E-state index < -0.39 is 0 Å². The van der Waals surface area contributed by atoms with Gasteiger partial charge in [-0.25, -0.2) is 4.98 Å². The molecule has 0 atom stereocenters. The fourth-order valence-electron chi connectivity index (χ4n) is 2.56. The van der Waals surface area contributed by atoms with E-state index in [4.69, 9.17) is 11.5 Å². The molecule has 1 aromatic carbocycles. The van der Waals surface area contributed by atoms with E-state index in [0.717, 1.165) is 38.2 Å². The SMILES string of the molecule is Nc1ccc(/C=C/CN2CCc3nc(N)sc3CC2)cc1. The van der Waals surface area contributed by atoms with Crippen LogP contribution in [0.2, 0.25) is 0 Å². The number of nitrogens with two attached hydrogens (primary N) is 2. The lowest BCUT2D eigenvalue weighted by molar-refractivity contribution is 0.318. The highest BCUT2D eigenvalue weighted by Gasteiger charge is 2.16. The molecule has 1 aliphatic heterocycles. The van der Waals surface area contributed by atoms with Crippen LogP contribution in [0.5, 0.6) is 0 Å². The molecule has 0 fully saturated rings. The van der Waals surface area contributed by atoms with Gasteiger partial charge in [0.05, 0.1) is 5.69 Å². The summed E-state index contributed by atoms with van der Waals surface area (Å²) in [6, 6.07) is 7.94. The smallest absolute Gasteiger partial charge is 0.180 e. The Hall–Kier alpha value is -1.85. The molecule has 2 aromatic rings. The van der Waals surface area contributed by atoms with E-state index in [-0.39, 0.29) is 0 Å². The van der Waals surface area contributed by atoms with E-state index in [1.165, 1.54) is 16.1 Å². The second kappa shape index (κ2) is 6.28. The number of rotatable bonds is 3. The predicted octanol–water partition coefficient (Wildman–Crippen LogP) is 2.42. The lowest BCUT2D eigenvalue weighted by Gasteiger charge is -2.17. The van der Waals surface area contributed by atoms with Crippen molar-refractivity contribution in [2.45, 2.75) is 12.8 Å². The van der Waals surface area contributed by atoms with Gasteiger partial charge in [-0.05, 0) is 24.1 Å². The first kappa shape index (κ1) is 14.1. The van der Waals surface area contributed by atoms with Crippen molar-refractivity contribution in [2.24, 2.45) is 0 Å². The zero-order chi connectivity index (χ0) is 14.7. The summed E-state index contributed by atoms with van der Waals surface area (Å²) in [5.41, 5.74) is 14.6. The number of anilines is 2. The summed E-state index contributed by atoms with van der Waals surface area (Å²) >= 11 is 1.64. The summed E-state index contributed by atoms with van der Waals surface area (Å²) in [6.45, 7) is 3.08. The summed E-state index contributed by atoms with van der Waals surface area (Å²) in [6.07, 6.45) is 6.42. The second-order valence-electron chi connectivity index (χ2n) is 5.29. The minimum atomic E-state index is 0.705. The van der Waals surface area contributed by atoms with Gasteiger partial charge in [0.2, 0.25) is 0 Å². The molecule has 2 heterocycles. The van der Waals surface area contributed by atoms with Crippen molar-refractivity contribution in [2.75, 3.05) is 31.1 Å². The van der Waals surface area contributed by atoms with Gasteiger partial charge in [-0.1, -0.05) is 24.3 Å². The van der Waals surface area contributed by atoms with Crippen LogP contribution in [0.1, 0.15) is 16.1 Å². The number of nitrogen functional groups attached to an aromatic ring is 2. The van der Waals surface area contributed by atoms with Gasteiger partial charge in [0.15, 0.2) is 5.13 Å². The molecule has 0 saturated carbocycles. The Bertz CT molecular complexity index is 605. The van der Waals surface area contributed by atoms with Gasteiger partial charge in [-0.15, -0.1) is 11.3 Å². The van der Waals surface area contributed by atoms with Crippen molar-refractivity contribution < 1.29 is 0 Å². The Morgan fingerprint density at radius 3 is 2.71 bits per heavy atom. The minimum absolute atomic E-state index is 0.705. The van der Waals surface area contributed by atoms with Crippen LogP contribution in [0, 0.1) is 0 Å². The van der Waals surface area contributed by atoms with Crippen molar-refractivity contribution in [3.05, 3.63) is 46.5 Å². The Morgan fingerprint density at radius 1 is 1.14 bits per heavy atom. The number of thiazole rings is 1. The van der Waals surface area contributed by atoms with E-state index in [9.17, 15) is 0 Å². The average molecular weight is 300 g/mol. The first-order valence-corrected chi connectivity index (χ1v) is 8.01. The molecule has 0 spiro atoms. The van der Waals surface area contributed by atoms with Crippen LogP contribution in [0.3, 0.4) is 0 Å². The number of hydrogen-bond acceptors (Lipinski definition) is 5. The molecular formula is C16H20N4S. The van der Waals surface area contributed by atoms with E-state index in [2.05, 4.69) is 22.0 Å². The highest BCUT2D eigenvalue weighted by molar-refractivity contribution is 7.15. The normalized spacial score (nSPS) is 16.0. The lowest BCUT2D eigenvalue weighted by atomic mass is 10.2. The van der Waals surface area contributed by atoms with Crippen molar-refractivity contribution >= 4 is 28.2 Å². The van der Waals surface area contributed by atoms with Crippen LogP contribution in [-0.4, -0.2) is 29.5 Å². The molecule has 0 aliphatic carbocycles. The molecule has 0 saturated heterocycles. The highest BCUT2D eigenvalue weighted by Crippen LogP contribution is 2.24. The van der Waals surface area contributed by atoms with Crippen LogP contribution in [-0.2, 0) is 12.8 Å². The highest BCUT2D eigenvalue weighted by atomic mass is 32.1. The molecule has 21 heavy (non-hydrogen) atoms. The Kier molecular flexibility index (Phi) is 4.22. The summed E-state index contributed by atoms with van der Waals surface area (Å²) in [5, 5.41) is 0.705.